The van der Waals surface area contributed by atoms with Crippen LogP contribution in [-0.4, -0.2) is 35.2 Å². The Balaban J connectivity index is 0.00000242. The lowest BCUT2D eigenvalue weighted by Crippen LogP contribution is -2.52. The molecule has 1 saturated carbocycles. The van der Waals surface area contributed by atoms with Gasteiger partial charge in [0.25, 0.3) is 0 Å². The van der Waals surface area contributed by atoms with Gasteiger partial charge < -0.3 is 5.73 Å². The minimum atomic E-state index is -3.72. The Morgan fingerprint density at radius 2 is 1.59 bits per heavy atom. The summed E-state index contributed by atoms with van der Waals surface area (Å²) in [6.45, 7) is 2.02. The fraction of sp³-hybridized carbons (Fsp3) is 0.538. The maximum atomic E-state index is 12.4. The lowest BCUT2D eigenvalue weighted by Gasteiger charge is -2.29. The number of halogens is 1. The van der Waals surface area contributed by atoms with Crippen LogP contribution < -0.4 is 10.5 Å². The summed E-state index contributed by atoms with van der Waals surface area (Å²) in [6.07, 6.45) is 3.00. The van der Waals surface area contributed by atoms with Gasteiger partial charge in [-0.15, -0.1) is 12.4 Å². The second kappa shape index (κ2) is 6.45. The first-order chi connectivity index (χ1) is 9.58. The zero-order valence-electron chi connectivity index (χ0n) is 12.4. The molecular weight excluding hydrogens is 348 g/mol. The van der Waals surface area contributed by atoms with E-state index < -0.39 is 25.4 Å². The topological polar surface area (TPSA) is 106 Å². The fourth-order valence-electron chi connectivity index (χ4n) is 2.24. The second-order valence-corrected chi connectivity index (χ2v) is 9.44. The quantitative estimate of drug-likeness (QED) is 0.776. The van der Waals surface area contributed by atoms with Crippen LogP contribution in [0.5, 0.6) is 0 Å². The molecule has 0 saturated heterocycles. The van der Waals surface area contributed by atoms with Gasteiger partial charge in [0.1, 0.15) is 0 Å². The van der Waals surface area contributed by atoms with Crippen molar-refractivity contribution in [2.24, 2.45) is 11.7 Å². The summed E-state index contributed by atoms with van der Waals surface area (Å²) in [7, 11) is -7.07. The van der Waals surface area contributed by atoms with Crippen molar-refractivity contribution in [3.63, 3.8) is 0 Å². The fourth-order valence-corrected chi connectivity index (χ4v) is 4.35. The number of sulfone groups is 1. The Morgan fingerprint density at radius 3 is 1.95 bits per heavy atom. The summed E-state index contributed by atoms with van der Waals surface area (Å²) < 4.78 is 50.2. The Hall–Kier alpha value is -0.670. The van der Waals surface area contributed by atoms with E-state index in [0.717, 1.165) is 19.1 Å². The van der Waals surface area contributed by atoms with Crippen molar-refractivity contribution in [1.29, 1.82) is 0 Å². The van der Waals surface area contributed by atoms with Gasteiger partial charge >= 0.3 is 0 Å². The molecule has 0 amide bonds. The van der Waals surface area contributed by atoms with Crippen LogP contribution >= 0.6 is 12.4 Å². The zero-order valence-corrected chi connectivity index (χ0v) is 14.9. The van der Waals surface area contributed by atoms with E-state index in [0.29, 0.717) is 0 Å². The molecule has 0 radical (unpaired) electrons. The van der Waals surface area contributed by atoms with Crippen LogP contribution in [0.1, 0.15) is 19.8 Å². The van der Waals surface area contributed by atoms with E-state index >= 15 is 0 Å². The van der Waals surface area contributed by atoms with Gasteiger partial charge in [-0.3, -0.25) is 0 Å². The summed E-state index contributed by atoms with van der Waals surface area (Å²) >= 11 is 0. The van der Waals surface area contributed by atoms with Gasteiger partial charge in [0.2, 0.25) is 10.0 Å². The average molecular weight is 369 g/mol. The first kappa shape index (κ1) is 19.4. The van der Waals surface area contributed by atoms with Crippen LogP contribution in [-0.2, 0) is 19.9 Å². The lowest BCUT2D eigenvalue weighted by molar-refractivity contribution is 0.374. The molecule has 1 atom stereocenters. The van der Waals surface area contributed by atoms with Gasteiger partial charge in [0.05, 0.1) is 9.79 Å². The second-order valence-electron chi connectivity index (χ2n) is 5.74. The minimum absolute atomic E-state index is 0. The lowest BCUT2D eigenvalue weighted by atomic mass is 9.98. The monoisotopic (exact) mass is 368 g/mol. The van der Waals surface area contributed by atoms with Crippen molar-refractivity contribution in [3.05, 3.63) is 24.3 Å². The molecule has 1 fully saturated rings. The number of sulfonamides is 1. The Morgan fingerprint density at radius 1 is 1.14 bits per heavy atom. The highest BCUT2D eigenvalue weighted by molar-refractivity contribution is 7.90. The van der Waals surface area contributed by atoms with E-state index in [1.165, 1.54) is 24.3 Å². The molecule has 0 aliphatic heterocycles. The van der Waals surface area contributed by atoms with Gasteiger partial charge in [-0.25, -0.2) is 21.6 Å². The highest BCUT2D eigenvalue weighted by atomic mass is 35.5. The molecule has 1 aromatic rings. The van der Waals surface area contributed by atoms with Crippen molar-refractivity contribution in [3.8, 4) is 0 Å². The first-order valence-corrected chi connectivity index (χ1v) is 10.0. The zero-order chi connectivity index (χ0) is 15.9. The molecule has 1 aromatic carbocycles. The van der Waals surface area contributed by atoms with Crippen LogP contribution in [0.3, 0.4) is 0 Å². The SMILES string of the molecule is CC(CN)(NS(=O)(=O)c1ccc(S(C)(=O)=O)cc1)C1CC1.Cl. The van der Waals surface area contributed by atoms with Crippen LogP contribution in [0.15, 0.2) is 34.1 Å². The molecule has 9 heteroatoms. The Labute approximate surface area is 137 Å². The number of benzene rings is 1. The summed E-state index contributed by atoms with van der Waals surface area (Å²) in [5.74, 6) is 0.257. The number of rotatable bonds is 6. The molecular formula is C13H21ClN2O4S2. The van der Waals surface area contributed by atoms with Crippen molar-refractivity contribution >= 4 is 32.3 Å². The summed E-state index contributed by atoms with van der Waals surface area (Å²) in [5.41, 5.74) is 5.05. The van der Waals surface area contributed by atoms with Gasteiger partial charge in [-0.2, -0.15) is 0 Å². The van der Waals surface area contributed by atoms with E-state index in [2.05, 4.69) is 4.72 Å². The molecule has 0 spiro atoms. The average Bonchev–Trinajstić information content (AvgIpc) is 3.22. The van der Waals surface area contributed by atoms with E-state index in [4.69, 9.17) is 5.73 Å². The highest BCUT2D eigenvalue weighted by Crippen LogP contribution is 2.39. The third-order valence-electron chi connectivity index (χ3n) is 3.83. The Bertz CT molecular complexity index is 728. The molecule has 22 heavy (non-hydrogen) atoms. The van der Waals surface area contributed by atoms with Crippen LogP contribution in [0.25, 0.3) is 0 Å². The predicted octanol–water partition coefficient (Wildman–Crippen LogP) is 0.918. The molecule has 0 bridgehead atoms. The molecule has 3 N–H and O–H groups in total. The first-order valence-electron chi connectivity index (χ1n) is 6.63. The third-order valence-corrected chi connectivity index (χ3v) is 6.59. The Kier molecular flexibility index (Phi) is 5.68. The van der Waals surface area contributed by atoms with Gasteiger partial charge in [-0.1, -0.05) is 0 Å². The van der Waals surface area contributed by atoms with E-state index in [-0.39, 0.29) is 34.7 Å². The molecule has 1 aliphatic carbocycles. The molecule has 6 nitrogen and oxygen atoms in total. The smallest absolute Gasteiger partial charge is 0.241 e. The number of nitrogens with two attached hydrogens (primary N) is 1. The van der Waals surface area contributed by atoms with Gasteiger partial charge in [0.15, 0.2) is 9.84 Å². The van der Waals surface area contributed by atoms with E-state index in [9.17, 15) is 16.8 Å². The van der Waals surface area contributed by atoms with Gasteiger partial charge in [0, 0.05) is 18.3 Å². The van der Waals surface area contributed by atoms with Crippen molar-refractivity contribution < 1.29 is 16.8 Å². The normalized spacial score (nSPS) is 18.3. The van der Waals surface area contributed by atoms with Gasteiger partial charge in [-0.05, 0) is 49.9 Å². The molecule has 0 aromatic heterocycles. The van der Waals surface area contributed by atoms with Crippen molar-refractivity contribution in [2.75, 3.05) is 12.8 Å². The predicted molar refractivity (Wildman–Crippen MR) is 87.3 cm³/mol. The maximum absolute atomic E-state index is 12.4. The van der Waals surface area contributed by atoms with Crippen LogP contribution in [0, 0.1) is 5.92 Å². The standard InChI is InChI=1S/C13H20N2O4S2.ClH/c1-13(9-14,10-3-4-10)15-21(18,19)12-7-5-11(6-8-12)20(2,16)17;/h5-8,10,15H,3-4,9,14H2,1-2H3;1H. The summed E-state index contributed by atoms with van der Waals surface area (Å²) in [4.78, 5) is 0.125. The molecule has 2 rings (SSSR count). The number of hydrogen-bond donors (Lipinski definition) is 2. The van der Waals surface area contributed by atoms with Crippen molar-refractivity contribution in [1.82, 2.24) is 4.72 Å². The molecule has 1 aliphatic rings. The number of hydrogen-bond acceptors (Lipinski definition) is 5. The molecule has 126 valence electrons. The highest BCUT2D eigenvalue weighted by Gasteiger charge is 2.43. The minimum Gasteiger partial charge on any atom is -0.329 e. The molecule has 1 unspecified atom stereocenters. The summed E-state index contributed by atoms with van der Waals surface area (Å²) in [5, 5.41) is 0. The third kappa shape index (κ3) is 4.20. The van der Waals surface area contributed by atoms with E-state index in [1.807, 2.05) is 0 Å². The van der Waals surface area contributed by atoms with Crippen molar-refractivity contribution in [2.45, 2.75) is 35.1 Å². The maximum Gasteiger partial charge on any atom is 0.241 e. The molecule has 0 heterocycles. The number of nitrogens with one attached hydrogen (secondary N) is 1. The van der Waals surface area contributed by atoms with E-state index in [1.54, 1.807) is 6.92 Å². The van der Waals surface area contributed by atoms with Crippen LogP contribution in [0.2, 0.25) is 0 Å². The summed E-state index contributed by atoms with van der Waals surface area (Å²) in [6, 6.07) is 5.17. The largest absolute Gasteiger partial charge is 0.329 e. The van der Waals surface area contributed by atoms with Crippen LogP contribution in [0.4, 0.5) is 0 Å².